The third-order valence-electron chi connectivity index (χ3n) is 2.59. The van der Waals surface area contributed by atoms with E-state index in [1.807, 2.05) is 26.8 Å². The maximum atomic E-state index is 12.1. The Labute approximate surface area is 116 Å². The van der Waals surface area contributed by atoms with Crippen molar-refractivity contribution in [2.24, 2.45) is 0 Å². The van der Waals surface area contributed by atoms with Gasteiger partial charge in [-0.25, -0.2) is 9.97 Å². The molecule has 0 aliphatic rings. The van der Waals surface area contributed by atoms with Crippen molar-refractivity contribution >= 4 is 28.2 Å². The molecule has 0 saturated heterocycles. The molecule has 2 heterocycles. The number of carbonyl (C=O) groups excluding carboxylic acids is 1. The average molecular weight is 276 g/mol. The topological polar surface area (TPSA) is 66.9 Å². The van der Waals surface area contributed by atoms with E-state index in [0.29, 0.717) is 16.6 Å². The molecule has 0 aromatic carbocycles. The van der Waals surface area contributed by atoms with Crippen molar-refractivity contribution in [3.8, 4) is 0 Å². The molecule has 0 saturated carbocycles. The summed E-state index contributed by atoms with van der Waals surface area (Å²) in [5.74, 6) is 0.454. The molecular formula is C13H16N4OS. The van der Waals surface area contributed by atoms with E-state index >= 15 is 0 Å². The fourth-order valence-electron chi connectivity index (χ4n) is 1.53. The minimum atomic E-state index is -0.242. The lowest BCUT2D eigenvalue weighted by Gasteiger charge is -2.04. The van der Waals surface area contributed by atoms with Crippen LogP contribution >= 0.6 is 11.3 Å². The van der Waals surface area contributed by atoms with Crippen LogP contribution in [0.25, 0.3) is 0 Å². The van der Waals surface area contributed by atoms with Crippen LogP contribution in [0.4, 0.5) is 10.9 Å². The smallest absolute Gasteiger partial charge is 0.276 e. The Balaban J connectivity index is 2.13. The van der Waals surface area contributed by atoms with Gasteiger partial charge in [-0.05, 0) is 32.9 Å². The number of hydrogen-bond acceptors (Lipinski definition) is 5. The van der Waals surface area contributed by atoms with Gasteiger partial charge in [-0.1, -0.05) is 6.07 Å². The Morgan fingerprint density at radius 3 is 2.74 bits per heavy atom. The highest BCUT2D eigenvalue weighted by Crippen LogP contribution is 2.21. The summed E-state index contributed by atoms with van der Waals surface area (Å²) in [4.78, 5) is 21.7. The average Bonchev–Trinajstić information content (AvgIpc) is 2.69. The summed E-state index contributed by atoms with van der Waals surface area (Å²) in [7, 11) is 0. The van der Waals surface area contributed by atoms with Crippen LogP contribution in [-0.4, -0.2) is 22.4 Å². The maximum Gasteiger partial charge on any atom is 0.276 e. The molecule has 0 aliphatic heterocycles. The van der Waals surface area contributed by atoms with Gasteiger partial charge in [-0.2, -0.15) is 0 Å². The van der Waals surface area contributed by atoms with Crippen LogP contribution < -0.4 is 10.6 Å². The summed E-state index contributed by atoms with van der Waals surface area (Å²) >= 11 is 1.47. The van der Waals surface area contributed by atoms with Crippen LogP contribution in [0.15, 0.2) is 18.2 Å². The first-order valence-electron chi connectivity index (χ1n) is 6.06. The summed E-state index contributed by atoms with van der Waals surface area (Å²) < 4.78 is 0. The second-order valence-electron chi connectivity index (χ2n) is 4.05. The molecule has 0 fully saturated rings. The third-order valence-corrected chi connectivity index (χ3v) is 3.58. The Morgan fingerprint density at radius 1 is 1.32 bits per heavy atom. The number of pyridine rings is 1. The normalized spacial score (nSPS) is 10.3. The zero-order valence-corrected chi connectivity index (χ0v) is 12.0. The predicted octanol–water partition coefficient (Wildman–Crippen LogP) is 2.84. The van der Waals surface area contributed by atoms with Crippen LogP contribution in [0.3, 0.4) is 0 Å². The van der Waals surface area contributed by atoms with Gasteiger partial charge in [0, 0.05) is 11.4 Å². The molecule has 6 heteroatoms. The third kappa shape index (κ3) is 3.29. The molecule has 19 heavy (non-hydrogen) atoms. The highest BCUT2D eigenvalue weighted by Gasteiger charge is 2.11. The van der Waals surface area contributed by atoms with Gasteiger partial charge in [0.25, 0.3) is 5.91 Å². The first kappa shape index (κ1) is 13.5. The molecule has 2 aromatic heterocycles. The molecule has 0 atom stereocenters. The van der Waals surface area contributed by atoms with Crippen LogP contribution in [0.1, 0.15) is 28.0 Å². The van der Waals surface area contributed by atoms with E-state index in [-0.39, 0.29) is 5.91 Å². The van der Waals surface area contributed by atoms with Gasteiger partial charge >= 0.3 is 0 Å². The van der Waals surface area contributed by atoms with E-state index in [2.05, 4.69) is 20.6 Å². The molecule has 100 valence electrons. The van der Waals surface area contributed by atoms with Crippen molar-refractivity contribution < 1.29 is 4.79 Å². The number of nitrogens with one attached hydrogen (secondary N) is 2. The number of carbonyl (C=O) groups is 1. The van der Waals surface area contributed by atoms with Gasteiger partial charge in [-0.3, -0.25) is 10.1 Å². The molecule has 1 amide bonds. The molecule has 2 N–H and O–H groups in total. The highest BCUT2D eigenvalue weighted by molar-refractivity contribution is 7.15. The lowest BCUT2D eigenvalue weighted by Crippen LogP contribution is -2.14. The van der Waals surface area contributed by atoms with Crippen molar-refractivity contribution in [2.75, 3.05) is 17.2 Å². The highest BCUT2D eigenvalue weighted by atomic mass is 32.1. The van der Waals surface area contributed by atoms with E-state index in [1.165, 1.54) is 11.3 Å². The minimum Gasteiger partial charge on any atom is -0.370 e. The van der Waals surface area contributed by atoms with Gasteiger partial charge in [0.2, 0.25) is 0 Å². The fraction of sp³-hybridized carbons (Fsp3) is 0.308. The minimum absolute atomic E-state index is 0.242. The second-order valence-corrected chi connectivity index (χ2v) is 5.26. The predicted molar refractivity (Wildman–Crippen MR) is 77.9 cm³/mol. The van der Waals surface area contributed by atoms with E-state index < -0.39 is 0 Å². The molecule has 0 radical (unpaired) electrons. The summed E-state index contributed by atoms with van der Waals surface area (Å²) in [5, 5.41) is 6.45. The summed E-state index contributed by atoms with van der Waals surface area (Å²) in [6, 6.07) is 5.32. The zero-order valence-electron chi connectivity index (χ0n) is 11.2. The number of aromatic nitrogens is 2. The number of aryl methyl sites for hydroxylation is 2. The molecule has 5 nitrogen and oxygen atoms in total. The molecule has 0 bridgehead atoms. The zero-order chi connectivity index (χ0) is 13.8. The van der Waals surface area contributed by atoms with Crippen molar-refractivity contribution in [1.29, 1.82) is 0 Å². The van der Waals surface area contributed by atoms with Crippen molar-refractivity contribution in [1.82, 2.24) is 9.97 Å². The van der Waals surface area contributed by atoms with Gasteiger partial charge in [0.15, 0.2) is 5.13 Å². The van der Waals surface area contributed by atoms with Gasteiger partial charge in [0.1, 0.15) is 11.5 Å². The number of hydrogen-bond donors (Lipinski definition) is 2. The molecule has 0 spiro atoms. The van der Waals surface area contributed by atoms with E-state index in [0.717, 1.165) is 17.1 Å². The standard InChI is InChI=1S/C13H16N4OS/c1-4-14-11-7-5-6-10(16-11)12(18)17-13-15-8(2)9(3)19-13/h5-7H,4H2,1-3H3,(H,14,16)(H,15,17,18). The summed E-state index contributed by atoms with van der Waals surface area (Å²) in [6.45, 7) is 6.65. The number of anilines is 2. The maximum absolute atomic E-state index is 12.1. The van der Waals surface area contributed by atoms with Crippen molar-refractivity contribution in [2.45, 2.75) is 20.8 Å². The Hall–Kier alpha value is -1.95. The SMILES string of the molecule is CCNc1cccc(C(=O)Nc2nc(C)c(C)s2)n1. The van der Waals surface area contributed by atoms with Crippen LogP contribution in [-0.2, 0) is 0 Å². The van der Waals surface area contributed by atoms with Crippen molar-refractivity contribution in [3.05, 3.63) is 34.5 Å². The first-order valence-corrected chi connectivity index (χ1v) is 6.88. The quantitative estimate of drug-likeness (QED) is 0.901. The van der Waals surface area contributed by atoms with Crippen LogP contribution in [0.5, 0.6) is 0 Å². The summed E-state index contributed by atoms with van der Waals surface area (Å²) in [5.41, 5.74) is 1.32. The molecule has 0 aliphatic carbocycles. The van der Waals surface area contributed by atoms with Gasteiger partial charge in [-0.15, -0.1) is 11.3 Å². The number of thiazole rings is 1. The molecular weight excluding hydrogens is 260 g/mol. The number of rotatable bonds is 4. The monoisotopic (exact) mass is 276 g/mol. The number of amides is 1. The van der Waals surface area contributed by atoms with Gasteiger partial charge < -0.3 is 5.32 Å². The molecule has 2 rings (SSSR count). The van der Waals surface area contributed by atoms with Crippen molar-refractivity contribution in [3.63, 3.8) is 0 Å². The second kappa shape index (κ2) is 5.79. The molecule has 2 aromatic rings. The molecule has 0 unspecified atom stereocenters. The van der Waals surface area contributed by atoms with Crippen LogP contribution in [0, 0.1) is 13.8 Å². The lowest BCUT2D eigenvalue weighted by molar-refractivity contribution is 0.102. The lowest BCUT2D eigenvalue weighted by atomic mass is 10.3. The largest absolute Gasteiger partial charge is 0.370 e. The Morgan fingerprint density at radius 2 is 2.11 bits per heavy atom. The first-order chi connectivity index (χ1) is 9.10. The van der Waals surface area contributed by atoms with E-state index in [1.54, 1.807) is 12.1 Å². The van der Waals surface area contributed by atoms with Gasteiger partial charge in [0.05, 0.1) is 5.69 Å². The van der Waals surface area contributed by atoms with E-state index in [9.17, 15) is 4.79 Å². The summed E-state index contributed by atoms with van der Waals surface area (Å²) in [6.07, 6.45) is 0. The van der Waals surface area contributed by atoms with Crippen LogP contribution in [0.2, 0.25) is 0 Å². The Bertz CT molecular complexity index is 575. The fourth-order valence-corrected chi connectivity index (χ4v) is 2.34. The van der Waals surface area contributed by atoms with E-state index in [4.69, 9.17) is 0 Å². The number of nitrogens with zero attached hydrogens (tertiary/aromatic N) is 2. The Kier molecular flexibility index (Phi) is 4.11.